The van der Waals surface area contributed by atoms with E-state index in [1.165, 1.54) is 11.1 Å². The molecule has 128 valence electrons. The van der Waals surface area contributed by atoms with Crippen molar-refractivity contribution in [2.45, 2.75) is 19.0 Å². The molecule has 0 N–H and O–H groups in total. The van der Waals surface area contributed by atoms with E-state index in [1.807, 2.05) is 0 Å². The summed E-state index contributed by atoms with van der Waals surface area (Å²) in [5, 5.41) is 7.31. The zero-order valence-electron chi connectivity index (χ0n) is 14.8. The van der Waals surface area contributed by atoms with Crippen LogP contribution < -0.4 is 5.01 Å². The Bertz CT molecular complexity index is 965. The molecule has 5 rings (SSSR count). The number of hydrazone groups is 1. The van der Waals surface area contributed by atoms with E-state index in [4.69, 9.17) is 5.10 Å². The minimum atomic E-state index is -0.318. The molecule has 0 saturated heterocycles. The summed E-state index contributed by atoms with van der Waals surface area (Å²) < 4.78 is 0. The third-order valence-electron chi connectivity index (χ3n) is 5.55. The number of hydrogen-bond donors (Lipinski definition) is 0. The van der Waals surface area contributed by atoms with Crippen molar-refractivity contribution >= 4 is 11.5 Å². The van der Waals surface area contributed by atoms with E-state index >= 15 is 0 Å². The molecule has 3 aromatic rings. The molecule has 0 spiro atoms. The summed E-state index contributed by atoms with van der Waals surface area (Å²) in [6.45, 7) is 3.25. The Hall–Kier alpha value is -3.07. The summed E-state index contributed by atoms with van der Waals surface area (Å²) >= 11 is 0. The molecule has 2 heterocycles. The fraction of sp³-hybridized carbons (Fsp3) is 0.174. The highest BCUT2D eigenvalue weighted by atomic mass is 15.7. The molecule has 0 radical (unpaired) electrons. The number of nitrogens with zero attached hydrogens (tertiary/aromatic N) is 3. The minimum Gasteiger partial charge on any atom is -0.326 e. The fourth-order valence-electron chi connectivity index (χ4n) is 4.26. The summed E-state index contributed by atoms with van der Waals surface area (Å²) in [4.78, 5) is 2.46. The molecule has 3 nitrogen and oxygen atoms in total. The summed E-state index contributed by atoms with van der Waals surface area (Å²) in [6, 6.07) is 29.8. The van der Waals surface area contributed by atoms with Crippen molar-refractivity contribution in [1.29, 1.82) is 0 Å². The van der Waals surface area contributed by atoms with Gasteiger partial charge in [-0.25, -0.2) is 5.01 Å². The zero-order chi connectivity index (χ0) is 17.6. The van der Waals surface area contributed by atoms with Gasteiger partial charge in [0.2, 0.25) is 0 Å². The molecule has 3 aromatic carbocycles. The number of rotatable bonds is 2. The van der Waals surface area contributed by atoms with Crippen LogP contribution in [0.2, 0.25) is 0 Å². The second-order valence-corrected chi connectivity index (χ2v) is 7.02. The van der Waals surface area contributed by atoms with Gasteiger partial charge < -0.3 is 4.90 Å². The Balaban J connectivity index is 1.73. The maximum absolute atomic E-state index is 5.12. The predicted molar refractivity (Wildman–Crippen MR) is 106 cm³/mol. The van der Waals surface area contributed by atoms with Crippen LogP contribution in [0, 0.1) is 0 Å². The van der Waals surface area contributed by atoms with Gasteiger partial charge in [-0.05, 0) is 31.0 Å². The van der Waals surface area contributed by atoms with E-state index in [0.717, 1.165) is 30.1 Å². The van der Waals surface area contributed by atoms with Gasteiger partial charge >= 0.3 is 0 Å². The number of hydrogen-bond acceptors (Lipinski definition) is 3. The summed E-state index contributed by atoms with van der Waals surface area (Å²) in [5.74, 6) is 1.05. The third kappa shape index (κ3) is 2.10. The molecule has 2 aliphatic rings. The summed E-state index contributed by atoms with van der Waals surface area (Å²) in [7, 11) is 0. The number of fused-ring (bicyclic) bond motifs is 3. The van der Waals surface area contributed by atoms with E-state index in [2.05, 4.69) is 102 Å². The molecule has 2 aliphatic heterocycles. The van der Waals surface area contributed by atoms with Gasteiger partial charge in [-0.2, -0.15) is 5.10 Å². The van der Waals surface area contributed by atoms with Crippen molar-refractivity contribution in [3.63, 3.8) is 0 Å². The molecule has 1 atom stereocenters. The van der Waals surface area contributed by atoms with E-state index < -0.39 is 0 Å². The monoisotopic (exact) mass is 339 g/mol. The molecule has 3 heteroatoms. The lowest BCUT2D eigenvalue weighted by molar-refractivity contribution is 0.196. The van der Waals surface area contributed by atoms with Crippen molar-refractivity contribution in [3.8, 4) is 0 Å². The van der Waals surface area contributed by atoms with E-state index in [1.54, 1.807) is 0 Å². The van der Waals surface area contributed by atoms with Crippen molar-refractivity contribution in [3.05, 3.63) is 102 Å². The Labute approximate surface area is 154 Å². The molecule has 0 aromatic heterocycles. The standard InChI is InChI=1S/C23H21N3/c1-23-21-15-9-8-10-18(21)16-17-25(23)22(19-11-4-2-5-12-19)24-26(23)20-13-6-3-7-14-20/h2-15H,16-17H2,1H3. The van der Waals surface area contributed by atoms with Crippen LogP contribution >= 0.6 is 0 Å². The number of para-hydroxylation sites is 1. The van der Waals surface area contributed by atoms with Gasteiger partial charge in [0.05, 0.1) is 5.69 Å². The predicted octanol–water partition coefficient (Wildman–Crippen LogP) is 4.60. The van der Waals surface area contributed by atoms with Gasteiger partial charge in [-0.3, -0.25) is 0 Å². The highest BCUT2D eigenvalue weighted by molar-refractivity contribution is 6.02. The maximum atomic E-state index is 5.12. The largest absolute Gasteiger partial charge is 0.326 e. The summed E-state index contributed by atoms with van der Waals surface area (Å²) in [6.07, 6.45) is 1.04. The molecular weight excluding hydrogens is 318 g/mol. The second-order valence-electron chi connectivity index (χ2n) is 7.02. The lowest BCUT2D eigenvalue weighted by Crippen LogP contribution is -2.54. The normalized spacial score (nSPS) is 21.2. The van der Waals surface area contributed by atoms with Crippen molar-refractivity contribution in [2.75, 3.05) is 11.6 Å². The van der Waals surface area contributed by atoms with Crippen LogP contribution in [0.4, 0.5) is 5.69 Å². The lowest BCUT2D eigenvalue weighted by Gasteiger charge is -2.46. The van der Waals surface area contributed by atoms with Gasteiger partial charge in [0.15, 0.2) is 11.5 Å². The Kier molecular flexibility index (Phi) is 3.35. The van der Waals surface area contributed by atoms with Crippen LogP contribution in [0.1, 0.15) is 23.6 Å². The van der Waals surface area contributed by atoms with Gasteiger partial charge in [-0.1, -0.05) is 72.8 Å². The van der Waals surface area contributed by atoms with Crippen LogP contribution in [0.3, 0.4) is 0 Å². The average molecular weight is 339 g/mol. The molecular formula is C23H21N3. The smallest absolute Gasteiger partial charge is 0.159 e. The quantitative estimate of drug-likeness (QED) is 0.679. The van der Waals surface area contributed by atoms with Crippen molar-refractivity contribution in [1.82, 2.24) is 4.90 Å². The van der Waals surface area contributed by atoms with Gasteiger partial charge in [-0.15, -0.1) is 0 Å². The number of amidine groups is 1. The van der Waals surface area contributed by atoms with E-state index in [-0.39, 0.29) is 5.66 Å². The van der Waals surface area contributed by atoms with Gasteiger partial charge in [0, 0.05) is 17.7 Å². The van der Waals surface area contributed by atoms with E-state index in [0.29, 0.717) is 0 Å². The van der Waals surface area contributed by atoms with Crippen LogP contribution in [0.15, 0.2) is 90.0 Å². The van der Waals surface area contributed by atoms with Gasteiger partial charge in [0.25, 0.3) is 0 Å². The highest BCUT2D eigenvalue weighted by Crippen LogP contribution is 2.45. The first kappa shape index (κ1) is 15.2. The highest BCUT2D eigenvalue weighted by Gasteiger charge is 2.50. The first-order chi connectivity index (χ1) is 12.8. The Morgan fingerprint density at radius 2 is 1.46 bits per heavy atom. The first-order valence-corrected chi connectivity index (χ1v) is 9.14. The Morgan fingerprint density at radius 1 is 0.808 bits per heavy atom. The summed E-state index contributed by atoms with van der Waals surface area (Å²) in [5.41, 5.74) is 4.71. The SMILES string of the molecule is CC12c3ccccc3CCN1C(c1ccccc1)=NN2c1ccccc1. The average Bonchev–Trinajstić information content (AvgIpc) is 3.03. The van der Waals surface area contributed by atoms with Crippen LogP contribution in [-0.4, -0.2) is 17.3 Å². The first-order valence-electron chi connectivity index (χ1n) is 9.14. The van der Waals surface area contributed by atoms with Crippen LogP contribution in [0.25, 0.3) is 0 Å². The molecule has 0 saturated carbocycles. The molecule has 0 bridgehead atoms. The van der Waals surface area contributed by atoms with Gasteiger partial charge in [0.1, 0.15) is 0 Å². The zero-order valence-corrected chi connectivity index (χ0v) is 14.8. The lowest BCUT2D eigenvalue weighted by atomic mass is 9.87. The van der Waals surface area contributed by atoms with Crippen molar-refractivity contribution < 1.29 is 0 Å². The molecule has 1 unspecified atom stereocenters. The van der Waals surface area contributed by atoms with Crippen molar-refractivity contribution in [2.24, 2.45) is 5.10 Å². The molecule has 0 amide bonds. The molecule has 26 heavy (non-hydrogen) atoms. The molecule has 0 fully saturated rings. The van der Waals surface area contributed by atoms with Crippen LogP contribution in [-0.2, 0) is 12.1 Å². The van der Waals surface area contributed by atoms with Crippen LogP contribution in [0.5, 0.6) is 0 Å². The third-order valence-corrected chi connectivity index (χ3v) is 5.55. The second kappa shape index (κ2) is 5.73. The Morgan fingerprint density at radius 3 is 2.23 bits per heavy atom. The number of anilines is 1. The van der Waals surface area contributed by atoms with E-state index in [9.17, 15) is 0 Å². The fourth-order valence-corrected chi connectivity index (χ4v) is 4.26. The molecule has 0 aliphatic carbocycles. The number of benzene rings is 3. The topological polar surface area (TPSA) is 18.8 Å². The minimum absolute atomic E-state index is 0.318. The maximum Gasteiger partial charge on any atom is 0.159 e.